The third-order valence-corrected chi connectivity index (χ3v) is 2.75. The smallest absolute Gasteiger partial charge is 0.133 e. The van der Waals surface area contributed by atoms with E-state index in [1.807, 2.05) is 20.2 Å². The lowest BCUT2D eigenvalue weighted by Gasteiger charge is -2.19. The Bertz CT molecular complexity index is 328. The predicted molar refractivity (Wildman–Crippen MR) is 72.6 cm³/mol. The molecule has 0 aliphatic carbocycles. The van der Waals surface area contributed by atoms with Gasteiger partial charge < -0.3 is 15.5 Å². The van der Waals surface area contributed by atoms with Crippen molar-refractivity contribution >= 4 is 11.6 Å². The van der Waals surface area contributed by atoms with Gasteiger partial charge in [0.1, 0.15) is 18.0 Å². The van der Waals surface area contributed by atoms with E-state index in [0.717, 1.165) is 31.1 Å². The summed E-state index contributed by atoms with van der Waals surface area (Å²) < 4.78 is 0. The monoisotopic (exact) mass is 237 g/mol. The van der Waals surface area contributed by atoms with Crippen LogP contribution in [-0.4, -0.2) is 43.2 Å². The van der Waals surface area contributed by atoms with Crippen molar-refractivity contribution in [1.29, 1.82) is 0 Å². The summed E-state index contributed by atoms with van der Waals surface area (Å²) in [6.45, 7) is 6.16. The van der Waals surface area contributed by atoms with Gasteiger partial charge in [-0.15, -0.1) is 0 Å². The van der Waals surface area contributed by atoms with Crippen LogP contribution in [0.2, 0.25) is 0 Å². The van der Waals surface area contributed by atoms with Gasteiger partial charge in [0.2, 0.25) is 0 Å². The van der Waals surface area contributed by atoms with E-state index in [-0.39, 0.29) is 0 Å². The quantitative estimate of drug-likeness (QED) is 0.749. The number of nitrogens with one attached hydrogen (secondary N) is 2. The number of rotatable bonds is 7. The summed E-state index contributed by atoms with van der Waals surface area (Å²) in [6, 6.07) is 2.42. The molecule has 0 radical (unpaired) electrons. The lowest BCUT2D eigenvalue weighted by molar-refractivity contribution is 0.751. The minimum Gasteiger partial charge on any atom is -0.367 e. The normalized spacial score (nSPS) is 12.2. The van der Waals surface area contributed by atoms with Gasteiger partial charge in [-0.25, -0.2) is 9.97 Å². The van der Waals surface area contributed by atoms with Gasteiger partial charge in [-0.1, -0.05) is 6.92 Å². The Morgan fingerprint density at radius 3 is 2.82 bits per heavy atom. The Labute approximate surface area is 104 Å². The van der Waals surface area contributed by atoms with Crippen molar-refractivity contribution in [2.24, 2.45) is 0 Å². The molecule has 0 saturated carbocycles. The van der Waals surface area contributed by atoms with E-state index >= 15 is 0 Å². The number of anilines is 2. The largest absolute Gasteiger partial charge is 0.367 e. The molecule has 0 bridgehead atoms. The third kappa shape index (κ3) is 4.56. The highest BCUT2D eigenvalue weighted by Gasteiger charge is 2.05. The second-order valence-electron chi connectivity index (χ2n) is 4.24. The summed E-state index contributed by atoms with van der Waals surface area (Å²) in [7, 11) is 3.98. The van der Waals surface area contributed by atoms with Crippen molar-refractivity contribution in [1.82, 2.24) is 15.3 Å². The fourth-order valence-corrected chi connectivity index (χ4v) is 1.38. The molecular weight excluding hydrogens is 214 g/mol. The first-order valence-corrected chi connectivity index (χ1v) is 6.11. The number of nitrogens with zero attached hydrogens (tertiary/aromatic N) is 3. The molecule has 1 atom stereocenters. The van der Waals surface area contributed by atoms with Gasteiger partial charge in [0, 0.05) is 32.2 Å². The number of hydrogen-bond acceptors (Lipinski definition) is 5. The number of likely N-dealkylation sites (N-methyl/N-ethyl adjacent to an activating group) is 2. The van der Waals surface area contributed by atoms with Crippen LogP contribution in [0, 0.1) is 0 Å². The Hall–Kier alpha value is -1.36. The molecule has 96 valence electrons. The van der Waals surface area contributed by atoms with Crippen LogP contribution in [0.15, 0.2) is 12.4 Å². The highest BCUT2D eigenvalue weighted by molar-refractivity contribution is 5.48. The van der Waals surface area contributed by atoms with E-state index in [2.05, 4.69) is 39.3 Å². The molecule has 0 amide bonds. The lowest BCUT2D eigenvalue weighted by Crippen LogP contribution is -2.28. The van der Waals surface area contributed by atoms with Gasteiger partial charge in [0.25, 0.3) is 0 Å². The first-order valence-electron chi connectivity index (χ1n) is 6.11. The maximum absolute atomic E-state index is 4.27. The first-order chi connectivity index (χ1) is 8.17. The zero-order valence-electron chi connectivity index (χ0n) is 11.2. The highest BCUT2D eigenvalue weighted by Crippen LogP contribution is 2.13. The van der Waals surface area contributed by atoms with Crippen molar-refractivity contribution in [2.75, 3.05) is 37.4 Å². The SMILES string of the molecule is CCC(C)Nc1cc(N(C)CCNC)ncn1. The molecule has 17 heavy (non-hydrogen) atoms. The van der Waals surface area contributed by atoms with Crippen LogP contribution < -0.4 is 15.5 Å². The van der Waals surface area contributed by atoms with Crippen molar-refractivity contribution < 1.29 is 0 Å². The van der Waals surface area contributed by atoms with Crippen molar-refractivity contribution in [2.45, 2.75) is 26.3 Å². The molecule has 5 nitrogen and oxygen atoms in total. The van der Waals surface area contributed by atoms with E-state index in [1.54, 1.807) is 6.33 Å². The van der Waals surface area contributed by atoms with E-state index < -0.39 is 0 Å². The average molecular weight is 237 g/mol. The Balaban J connectivity index is 2.64. The van der Waals surface area contributed by atoms with Crippen LogP contribution in [0.25, 0.3) is 0 Å². The van der Waals surface area contributed by atoms with Crippen LogP contribution in [0.1, 0.15) is 20.3 Å². The molecule has 0 aromatic carbocycles. The van der Waals surface area contributed by atoms with Gasteiger partial charge in [-0.05, 0) is 20.4 Å². The van der Waals surface area contributed by atoms with Crippen LogP contribution in [0.5, 0.6) is 0 Å². The second kappa shape index (κ2) is 7.06. The molecule has 0 aliphatic heterocycles. The maximum atomic E-state index is 4.27. The predicted octanol–water partition coefficient (Wildman–Crippen LogP) is 1.34. The molecule has 1 rings (SSSR count). The Morgan fingerprint density at radius 1 is 1.41 bits per heavy atom. The molecule has 0 fully saturated rings. The van der Waals surface area contributed by atoms with E-state index in [0.29, 0.717) is 6.04 Å². The minimum atomic E-state index is 0.431. The summed E-state index contributed by atoms with van der Waals surface area (Å²) in [4.78, 5) is 10.6. The molecule has 2 N–H and O–H groups in total. The van der Waals surface area contributed by atoms with Crippen molar-refractivity contribution in [3.63, 3.8) is 0 Å². The molecule has 5 heteroatoms. The second-order valence-corrected chi connectivity index (χ2v) is 4.24. The standard InChI is InChI=1S/C12H23N5/c1-5-10(2)16-11-8-12(15-9-14-11)17(4)7-6-13-3/h8-10,13H,5-7H2,1-4H3,(H,14,15,16). The molecule has 1 unspecified atom stereocenters. The van der Waals surface area contributed by atoms with Gasteiger partial charge in [0.05, 0.1) is 0 Å². The number of hydrogen-bond donors (Lipinski definition) is 2. The molecule has 0 aliphatic rings. The molecule has 0 spiro atoms. The Morgan fingerprint density at radius 2 is 2.18 bits per heavy atom. The van der Waals surface area contributed by atoms with E-state index in [9.17, 15) is 0 Å². The lowest BCUT2D eigenvalue weighted by atomic mass is 10.2. The van der Waals surface area contributed by atoms with Crippen LogP contribution in [0.4, 0.5) is 11.6 Å². The van der Waals surface area contributed by atoms with Gasteiger partial charge in [-0.3, -0.25) is 0 Å². The molecule has 0 saturated heterocycles. The van der Waals surface area contributed by atoms with Crippen LogP contribution in [0.3, 0.4) is 0 Å². The maximum Gasteiger partial charge on any atom is 0.133 e. The minimum absolute atomic E-state index is 0.431. The van der Waals surface area contributed by atoms with Crippen LogP contribution in [-0.2, 0) is 0 Å². The summed E-state index contributed by atoms with van der Waals surface area (Å²) in [5.74, 6) is 1.83. The van der Waals surface area contributed by atoms with Crippen molar-refractivity contribution in [3.8, 4) is 0 Å². The molecule has 1 aromatic heterocycles. The molecule has 1 aromatic rings. The first kappa shape index (κ1) is 13.7. The zero-order chi connectivity index (χ0) is 12.7. The van der Waals surface area contributed by atoms with Crippen molar-refractivity contribution in [3.05, 3.63) is 12.4 Å². The average Bonchev–Trinajstić information content (AvgIpc) is 2.36. The van der Waals surface area contributed by atoms with Gasteiger partial charge >= 0.3 is 0 Å². The fraction of sp³-hybridized carbons (Fsp3) is 0.667. The van der Waals surface area contributed by atoms with Gasteiger partial charge in [-0.2, -0.15) is 0 Å². The zero-order valence-corrected chi connectivity index (χ0v) is 11.2. The highest BCUT2D eigenvalue weighted by atomic mass is 15.2. The fourth-order valence-electron chi connectivity index (χ4n) is 1.38. The summed E-state index contributed by atoms with van der Waals surface area (Å²) >= 11 is 0. The van der Waals surface area contributed by atoms with Crippen LogP contribution >= 0.6 is 0 Å². The molecular formula is C12H23N5. The topological polar surface area (TPSA) is 53.1 Å². The summed E-state index contributed by atoms with van der Waals surface area (Å²) in [5, 5.41) is 6.47. The van der Waals surface area contributed by atoms with E-state index in [4.69, 9.17) is 0 Å². The third-order valence-electron chi connectivity index (χ3n) is 2.75. The molecule has 1 heterocycles. The van der Waals surface area contributed by atoms with E-state index in [1.165, 1.54) is 0 Å². The number of aromatic nitrogens is 2. The summed E-state index contributed by atoms with van der Waals surface area (Å²) in [6.07, 6.45) is 2.69. The summed E-state index contributed by atoms with van der Waals surface area (Å²) in [5.41, 5.74) is 0. The van der Waals surface area contributed by atoms with Gasteiger partial charge in [0.15, 0.2) is 0 Å². The Kier molecular flexibility index (Phi) is 5.69.